The van der Waals surface area contributed by atoms with E-state index < -0.39 is 66.2 Å². The van der Waals surface area contributed by atoms with Crippen LogP contribution in [0, 0.1) is 11.8 Å². The lowest BCUT2D eigenvalue weighted by atomic mass is 9.95. The molecule has 11 nitrogen and oxygen atoms in total. The number of hydrogen-bond acceptors (Lipinski definition) is 6. The Hall–Kier alpha value is -3.47. The predicted octanol–water partition coefficient (Wildman–Crippen LogP) is 0.272. The molecular formula is C24H36N4O7. The first kappa shape index (κ1) is 29.6. The van der Waals surface area contributed by atoms with E-state index in [4.69, 9.17) is 10.8 Å². The molecule has 35 heavy (non-hydrogen) atoms. The number of carbonyl (C=O) groups excluding carboxylic acids is 3. The fourth-order valence-corrected chi connectivity index (χ4v) is 3.34. The Labute approximate surface area is 204 Å². The number of hydrogen-bond donors (Lipinski definition) is 6. The van der Waals surface area contributed by atoms with Crippen LogP contribution in [-0.4, -0.2) is 64.0 Å². The molecule has 0 radical (unpaired) electrons. The van der Waals surface area contributed by atoms with E-state index in [0.29, 0.717) is 6.42 Å². The molecule has 5 atom stereocenters. The summed E-state index contributed by atoms with van der Waals surface area (Å²) in [6, 6.07) is 4.49. The summed E-state index contributed by atoms with van der Waals surface area (Å²) < 4.78 is 0. The highest BCUT2D eigenvalue weighted by Gasteiger charge is 2.34. The summed E-state index contributed by atoms with van der Waals surface area (Å²) in [5, 5.41) is 25.5. The number of nitrogens with one attached hydrogen (secondary N) is 3. The fraction of sp³-hybridized carbons (Fsp3) is 0.542. The maximum absolute atomic E-state index is 13.1. The Balaban J connectivity index is 2.95. The third kappa shape index (κ3) is 9.73. The molecular weight excluding hydrogens is 456 g/mol. The van der Waals surface area contributed by atoms with Crippen LogP contribution >= 0.6 is 0 Å². The first-order valence-electron chi connectivity index (χ1n) is 11.5. The largest absolute Gasteiger partial charge is 0.481 e. The number of carboxylic acids is 2. The van der Waals surface area contributed by atoms with Crippen molar-refractivity contribution < 1.29 is 34.2 Å². The number of nitrogens with two attached hydrogens (primary N) is 1. The van der Waals surface area contributed by atoms with E-state index in [1.807, 2.05) is 30.3 Å². The molecule has 0 aliphatic rings. The van der Waals surface area contributed by atoms with Gasteiger partial charge in [0.1, 0.15) is 18.1 Å². The Kier molecular flexibility index (Phi) is 11.9. The van der Waals surface area contributed by atoms with Crippen molar-refractivity contribution in [2.45, 2.75) is 71.1 Å². The van der Waals surface area contributed by atoms with Crippen LogP contribution in [0.15, 0.2) is 30.3 Å². The summed E-state index contributed by atoms with van der Waals surface area (Å²) in [5.74, 6) is -5.63. The van der Waals surface area contributed by atoms with Gasteiger partial charge in [0.15, 0.2) is 0 Å². The van der Waals surface area contributed by atoms with Gasteiger partial charge in [-0.05, 0) is 23.8 Å². The number of rotatable bonds is 14. The minimum absolute atomic E-state index is 0.275. The van der Waals surface area contributed by atoms with Gasteiger partial charge in [-0.1, -0.05) is 64.4 Å². The summed E-state index contributed by atoms with van der Waals surface area (Å²) in [7, 11) is 0. The quantitative estimate of drug-likeness (QED) is 0.213. The summed E-state index contributed by atoms with van der Waals surface area (Å²) >= 11 is 0. The van der Waals surface area contributed by atoms with E-state index >= 15 is 0 Å². The fourth-order valence-electron chi connectivity index (χ4n) is 3.34. The molecule has 0 heterocycles. The smallest absolute Gasteiger partial charge is 0.326 e. The monoisotopic (exact) mass is 492 g/mol. The SMILES string of the molecule is CCC(C)C(NC(=O)C(NC(=O)C(N)Cc1ccccc1)C(C)C)C(=O)NC(CC(=O)O)C(=O)O. The summed E-state index contributed by atoms with van der Waals surface area (Å²) in [6.45, 7) is 6.92. The maximum Gasteiger partial charge on any atom is 0.326 e. The molecule has 1 aromatic rings. The standard InChI is InChI=1S/C24H36N4O7/c1-5-14(4)20(23(33)26-17(24(34)35)12-18(29)30)28-22(32)19(13(2)3)27-21(31)16(25)11-15-9-7-6-8-10-15/h6-10,13-14,16-17,19-20H,5,11-12,25H2,1-4H3,(H,26,33)(H,27,31)(H,28,32)(H,29,30)(H,34,35). The number of carbonyl (C=O) groups is 5. The Morgan fingerprint density at radius 1 is 0.857 bits per heavy atom. The Morgan fingerprint density at radius 2 is 1.40 bits per heavy atom. The lowest BCUT2D eigenvalue weighted by Crippen LogP contribution is -2.60. The van der Waals surface area contributed by atoms with Gasteiger partial charge in [-0.25, -0.2) is 4.79 Å². The number of aliphatic carboxylic acids is 2. The zero-order valence-electron chi connectivity index (χ0n) is 20.5. The van der Waals surface area contributed by atoms with Gasteiger partial charge in [0.05, 0.1) is 12.5 Å². The average molecular weight is 493 g/mol. The van der Waals surface area contributed by atoms with Gasteiger partial charge in [0, 0.05) is 0 Å². The third-order valence-corrected chi connectivity index (χ3v) is 5.67. The van der Waals surface area contributed by atoms with Gasteiger partial charge in [0.25, 0.3) is 0 Å². The lowest BCUT2D eigenvalue weighted by molar-refractivity contribution is -0.147. The van der Waals surface area contributed by atoms with Crippen molar-refractivity contribution in [3.8, 4) is 0 Å². The van der Waals surface area contributed by atoms with E-state index in [1.54, 1.807) is 27.7 Å². The van der Waals surface area contributed by atoms with Crippen LogP contribution in [0.4, 0.5) is 0 Å². The second-order valence-corrected chi connectivity index (χ2v) is 8.90. The molecule has 0 saturated carbocycles. The molecule has 3 amide bonds. The molecule has 0 spiro atoms. The van der Waals surface area contributed by atoms with Crippen molar-refractivity contribution >= 4 is 29.7 Å². The van der Waals surface area contributed by atoms with Crippen molar-refractivity contribution in [3.05, 3.63) is 35.9 Å². The highest BCUT2D eigenvalue weighted by Crippen LogP contribution is 2.11. The molecule has 0 aliphatic carbocycles. The van der Waals surface area contributed by atoms with Gasteiger partial charge in [-0.3, -0.25) is 19.2 Å². The van der Waals surface area contributed by atoms with Crippen molar-refractivity contribution in [2.75, 3.05) is 0 Å². The zero-order valence-corrected chi connectivity index (χ0v) is 20.5. The maximum atomic E-state index is 13.1. The average Bonchev–Trinajstić information content (AvgIpc) is 2.79. The first-order valence-corrected chi connectivity index (χ1v) is 11.5. The molecule has 0 saturated heterocycles. The van der Waals surface area contributed by atoms with Crippen molar-refractivity contribution in [3.63, 3.8) is 0 Å². The van der Waals surface area contributed by atoms with Crippen molar-refractivity contribution in [1.82, 2.24) is 16.0 Å². The topological polar surface area (TPSA) is 188 Å². The van der Waals surface area contributed by atoms with Crippen LogP contribution in [0.3, 0.4) is 0 Å². The second-order valence-electron chi connectivity index (χ2n) is 8.90. The summed E-state index contributed by atoms with van der Waals surface area (Å²) in [4.78, 5) is 60.9. The van der Waals surface area contributed by atoms with E-state index in [9.17, 15) is 29.1 Å². The van der Waals surface area contributed by atoms with Crippen LogP contribution in [0.1, 0.15) is 46.1 Å². The van der Waals surface area contributed by atoms with Crippen LogP contribution in [0.5, 0.6) is 0 Å². The summed E-state index contributed by atoms with van der Waals surface area (Å²) in [5.41, 5.74) is 6.89. The van der Waals surface area contributed by atoms with Crippen LogP contribution in [-0.2, 0) is 30.4 Å². The van der Waals surface area contributed by atoms with Gasteiger partial charge < -0.3 is 31.9 Å². The molecule has 11 heteroatoms. The zero-order chi connectivity index (χ0) is 26.7. The second kappa shape index (κ2) is 14.1. The molecule has 0 bridgehead atoms. The predicted molar refractivity (Wildman–Crippen MR) is 128 cm³/mol. The van der Waals surface area contributed by atoms with E-state index in [1.165, 1.54) is 0 Å². The Bertz CT molecular complexity index is 891. The van der Waals surface area contributed by atoms with E-state index in [-0.39, 0.29) is 12.3 Å². The highest BCUT2D eigenvalue weighted by molar-refractivity contribution is 5.95. The molecule has 194 valence electrons. The molecule has 0 aromatic heterocycles. The molecule has 0 fully saturated rings. The normalized spacial score (nSPS) is 15.3. The Morgan fingerprint density at radius 3 is 1.89 bits per heavy atom. The number of benzene rings is 1. The summed E-state index contributed by atoms with van der Waals surface area (Å²) in [6.07, 6.45) is -0.0704. The minimum Gasteiger partial charge on any atom is -0.481 e. The molecule has 1 aromatic carbocycles. The highest BCUT2D eigenvalue weighted by atomic mass is 16.4. The lowest BCUT2D eigenvalue weighted by Gasteiger charge is -2.29. The van der Waals surface area contributed by atoms with Crippen LogP contribution in [0.2, 0.25) is 0 Å². The molecule has 7 N–H and O–H groups in total. The molecule has 5 unspecified atom stereocenters. The van der Waals surface area contributed by atoms with Gasteiger partial charge in [-0.15, -0.1) is 0 Å². The van der Waals surface area contributed by atoms with Crippen LogP contribution in [0.25, 0.3) is 0 Å². The minimum atomic E-state index is -1.65. The molecule has 1 rings (SSSR count). The number of amides is 3. The van der Waals surface area contributed by atoms with Gasteiger partial charge >= 0.3 is 11.9 Å². The van der Waals surface area contributed by atoms with E-state index in [2.05, 4.69) is 16.0 Å². The van der Waals surface area contributed by atoms with Gasteiger partial charge in [-0.2, -0.15) is 0 Å². The van der Waals surface area contributed by atoms with Crippen LogP contribution < -0.4 is 21.7 Å². The van der Waals surface area contributed by atoms with E-state index in [0.717, 1.165) is 5.56 Å². The first-order chi connectivity index (χ1) is 16.4. The van der Waals surface area contributed by atoms with Gasteiger partial charge in [0.2, 0.25) is 17.7 Å². The van der Waals surface area contributed by atoms with Crippen molar-refractivity contribution in [1.29, 1.82) is 0 Å². The number of carboxylic acid groups (broad SMARTS) is 2. The van der Waals surface area contributed by atoms with Crippen molar-refractivity contribution in [2.24, 2.45) is 17.6 Å². The molecule has 0 aliphatic heterocycles. The third-order valence-electron chi connectivity index (χ3n) is 5.67.